The summed E-state index contributed by atoms with van der Waals surface area (Å²) in [5.41, 5.74) is 2.04. The summed E-state index contributed by atoms with van der Waals surface area (Å²) in [4.78, 5) is 4.16. The average molecular weight is 368 g/mol. The van der Waals surface area contributed by atoms with Gasteiger partial charge in [-0.15, -0.1) is 11.8 Å². The lowest BCUT2D eigenvalue weighted by molar-refractivity contribution is -0.0786. The zero-order valence-corrected chi connectivity index (χ0v) is 14.5. The zero-order valence-electron chi connectivity index (χ0n) is 13.0. The summed E-state index contributed by atoms with van der Waals surface area (Å²) < 4.78 is 5.75. The van der Waals surface area contributed by atoms with Gasteiger partial charge in [-0.05, 0) is 24.6 Å². The van der Waals surface area contributed by atoms with E-state index in [1.54, 1.807) is 12.3 Å². The maximum absolute atomic E-state index is 10.0. The highest BCUT2D eigenvalue weighted by Crippen LogP contribution is 2.33. The third-order valence-electron chi connectivity index (χ3n) is 3.86. The Bertz CT molecular complexity index is 729. The van der Waals surface area contributed by atoms with Crippen molar-refractivity contribution in [1.82, 2.24) is 4.98 Å². The Labute approximate surface area is 149 Å². The predicted octanol–water partition coefficient (Wildman–Crippen LogP) is 2.24. The maximum atomic E-state index is 10.0. The van der Waals surface area contributed by atoms with Crippen molar-refractivity contribution in [3.63, 3.8) is 0 Å². The number of rotatable bonds is 3. The molecule has 128 valence electrons. The van der Waals surface area contributed by atoms with Crippen LogP contribution >= 0.6 is 23.4 Å². The van der Waals surface area contributed by atoms with Crippen LogP contribution in [0, 0.1) is 6.92 Å². The lowest BCUT2D eigenvalue weighted by Crippen LogP contribution is -2.50. The van der Waals surface area contributed by atoms with E-state index in [0.717, 1.165) is 16.7 Å². The van der Waals surface area contributed by atoms with E-state index in [2.05, 4.69) is 4.98 Å². The van der Waals surface area contributed by atoms with E-state index in [1.165, 1.54) is 18.0 Å². The van der Waals surface area contributed by atoms with Crippen LogP contribution in [0.2, 0.25) is 5.02 Å². The minimum atomic E-state index is -1.22. The number of aromatic nitrogens is 1. The van der Waals surface area contributed by atoms with Crippen molar-refractivity contribution in [3.05, 3.63) is 47.2 Å². The third kappa shape index (κ3) is 3.68. The molecule has 2 heterocycles. The number of ether oxygens (including phenoxy) is 1. The number of aliphatic hydroxyl groups is 3. The number of aryl methyl sites for hydroxylation is 1. The van der Waals surface area contributed by atoms with Crippen molar-refractivity contribution in [3.8, 4) is 16.9 Å². The Balaban J connectivity index is 1.81. The predicted molar refractivity (Wildman–Crippen MR) is 94.3 cm³/mol. The van der Waals surface area contributed by atoms with Crippen LogP contribution in [0.1, 0.15) is 5.56 Å². The van der Waals surface area contributed by atoms with Crippen molar-refractivity contribution in [1.29, 1.82) is 0 Å². The number of aliphatic hydroxyl groups excluding tert-OH is 3. The SMILES string of the molecule is Cc1ccc(-c2cncc(O[C@@H]3SC[C@@H](O)[C@H](O)[C@H]3O)c2)c(Cl)c1. The van der Waals surface area contributed by atoms with Gasteiger partial charge in [0.2, 0.25) is 0 Å². The average Bonchev–Trinajstić information content (AvgIpc) is 2.56. The molecule has 1 aromatic heterocycles. The first-order valence-corrected chi connectivity index (χ1v) is 8.92. The smallest absolute Gasteiger partial charge is 0.173 e. The van der Waals surface area contributed by atoms with Crippen LogP contribution in [0.25, 0.3) is 11.1 Å². The molecule has 1 aromatic carbocycles. The van der Waals surface area contributed by atoms with Crippen molar-refractivity contribution >= 4 is 23.4 Å². The highest BCUT2D eigenvalue weighted by molar-refractivity contribution is 7.99. The summed E-state index contributed by atoms with van der Waals surface area (Å²) in [5.74, 6) is 0.754. The molecule has 0 saturated carbocycles. The van der Waals surface area contributed by atoms with Crippen LogP contribution in [-0.4, -0.2) is 49.8 Å². The maximum Gasteiger partial charge on any atom is 0.173 e. The molecule has 3 N–H and O–H groups in total. The van der Waals surface area contributed by atoms with Gasteiger partial charge in [-0.3, -0.25) is 4.98 Å². The molecule has 3 rings (SSSR count). The molecule has 24 heavy (non-hydrogen) atoms. The fraction of sp³-hybridized carbons (Fsp3) is 0.353. The number of pyridine rings is 1. The minimum absolute atomic E-state index is 0.291. The molecule has 0 amide bonds. The Morgan fingerprint density at radius 1 is 1.17 bits per heavy atom. The molecule has 0 bridgehead atoms. The van der Waals surface area contributed by atoms with Gasteiger partial charge in [0, 0.05) is 28.1 Å². The highest BCUT2D eigenvalue weighted by atomic mass is 35.5. The molecule has 0 radical (unpaired) electrons. The van der Waals surface area contributed by atoms with E-state index in [0.29, 0.717) is 16.5 Å². The van der Waals surface area contributed by atoms with E-state index in [1.807, 2.05) is 25.1 Å². The molecule has 2 aromatic rings. The standard InChI is InChI=1S/C17H18ClNO4S/c1-9-2-3-12(13(18)4-9)10-5-11(7-19-6-10)23-17-16(22)15(21)14(20)8-24-17/h2-7,14-17,20-22H,8H2,1H3/t14-,15+,16-,17-/m1/s1. The molecule has 7 heteroatoms. The summed E-state index contributed by atoms with van der Waals surface area (Å²) in [5, 5.41) is 30.0. The molecular weight excluding hydrogens is 350 g/mol. The molecule has 0 aliphatic carbocycles. The van der Waals surface area contributed by atoms with Crippen LogP contribution in [-0.2, 0) is 0 Å². The van der Waals surface area contributed by atoms with Gasteiger partial charge < -0.3 is 20.1 Å². The molecule has 1 saturated heterocycles. The molecule has 0 unspecified atom stereocenters. The van der Waals surface area contributed by atoms with E-state index < -0.39 is 23.7 Å². The third-order valence-corrected chi connectivity index (χ3v) is 5.41. The minimum Gasteiger partial charge on any atom is -0.475 e. The highest BCUT2D eigenvalue weighted by Gasteiger charge is 2.38. The first kappa shape index (κ1) is 17.5. The van der Waals surface area contributed by atoms with Gasteiger partial charge in [0.1, 0.15) is 18.0 Å². The van der Waals surface area contributed by atoms with Gasteiger partial charge in [-0.2, -0.15) is 0 Å². The van der Waals surface area contributed by atoms with Crippen LogP contribution in [0.3, 0.4) is 0 Å². The summed E-state index contributed by atoms with van der Waals surface area (Å²) in [7, 11) is 0. The normalized spacial score (nSPS) is 27.0. The van der Waals surface area contributed by atoms with Crippen molar-refractivity contribution < 1.29 is 20.1 Å². The van der Waals surface area contributed by atoms with Crippen molar-refractivity contribution in [2.45, 2.75) is 30.7 Å². The number of hydrogen-bond donors (Lipinski definition) is 3. The fourth-order valence-corrected chi connectivity index (χ4v) is 3.97. The summed E-state index contributed by atoms with van der Waals surface area (Å²) in [6, 6.07) is 7.55. The van der Waals surface area contributed by atoms with Crippen molar-refractivity contribution in [2.24, 2.45) is 0 Å². The first-order valence-electron chi connectivity index (χ1n) is 7.50. The molecule has 4 atom stereocenters. The number of hydrogen-bond acceptors (Lipinski definition) is 6. The Morgan fingerprint density at radius 2 is 1.96 bits per heavy atom. The quantitative estimate of drug-likeness (QED) is 0.771. The summed E-state index contributed by atoms with van der Waals surface area (Å²) in [6.45, 7) is 1.97. The Kier molecular flexibility index (Phi) is 5.32. The zero-order chi connectivity index (χ0) is 17.3. The van der Waals surface area contributed by atoms with Crippen LogP contribution < -0.4 is 4.74 Å². The molecule has 5 nitrogen and oxygen atoms in total. The second kappa shape index (κ2) is 7.29. The van der Waals surface area contributed by atoms with Crippen LogP contribution in [0.15, 0.2) is 36.7 Å². The number of nitrogens with zero attached hydrogens (tertiary/aromatic N) is 1. The molecule has 1 aliphatic rings. The monoisotopic (exact) mass is 367 g/mol. The molecule has 1 aliphatic heterocycles. The van der Waals surface area contributed by atoms with Gasteiger partial charge in [-0.25, -0.2) is 0 Å². The Morgan fingerprint density at radius 3 is 2.71 bits per heavy atom. The lowest BCUT2D eigenvalue weighted by Gasteiger charge is -2.34. The largest absolute Gasteiger partial charge is 0.475 e. The van der Waals surface area contributed by atoms with E-state index in [9.17, 15) is 15.3 Å². The molecule has 1 fully saturated rings. The topological polar surface area (TPSA) is 82.8 Å². The molecule has 0 spiro atoms. The second-order valence-electron chi connectivity index (χ2n) is 5.76. The van der Waals surface area contributed by atoms with E-state index >= 15 is 0 Å². The first-order chi connectivity index (χ1) is 11.5. The van der Waals surface area contributed by atoms with Gasteiger partial charge in [-0.1, -0.05) is 23.7 Å². The van der Waals surface area contributed by atoms with Crippen LogP contribution in [0.5, 0.6) is 5.75 Å². The fourth-order valence-electron chi connectivity index (χ4n) is 2.50. The Hall–Kier alpha value is -1.31. The van der Waals surface area contributed by atoms with Crippen LogP contribution in [0.4, 0.5) is 0 Å². The van der Waals surface area contributed by atoms with E-state index in [-0.39, 0.29) is 0 Å². The van der Waals surface area contributed by atoms with Gasteiger partial charge in [0.15, 0.2) is 5.44 Å². The van der Waals surface area contributed by atoms with Gasteiger partial charge in [0.05, 0.1) is 12.3 Å². The second-order valence-corrected chi connectivity index (χ2v) is 7.30. The lowest BCUT2D eigenvalue weighted by atomic mass is 10.1. The number of benzene rings is 1. The van der Waals surface area contributed by atoms with E-state index in [4.69, 9.17) is 16.3 Å². The van der Waals surface area contributed by atoms with Crippen molar-refractivity contribution in [2.75, 3.05) is 5.75 Å². The number of halogens is 1. The van der Waals surface area contributed by atoms with Gasteiger partial charge >= 0.3 is 0 Å². The molecular formula is C17H18ClNO4S. The number of thioether (sulfide) groups is 1. The summed E-state index contributed by atoms with van der Waals surface area (Å²) >= 11 is 7.54. The van der Waals surface area contributed by atoms with Gasteiger partial charge in [0.25, 0.3) is 0 Å². The summed E-state index contributed by atoms with van der Waals surface area (Å²) in [6.07, 6.45) is -0.132.